The average molecular weight is 589 g/mol. The number of hydrogen-bond acceptors (Lipinski definition) is 8. The fourth-order valence-electron chi connectivity index (χ4n) is 5.31. The zero-order valence-corrected chi connectivity index (χ0v) is 22.6. The number of anilines is 1. The fourth-order valence-corrected chi connectivity index (χ4v) is 5.31. The number of halogens is 4. The van der Waals surface area contributed by atoms with E-state index in [9.17, 15) is 27.2 Å². The largest absolute Gasteiger partial charge is 0.488 e. The molecule has 1 spiro atoms. The Balaban J connectivity index is 1.30. The third-order valence-corrected chi connectivity index (χ3v) is 7.16. The molecule has 0 radical (unpaired) electrons. The van der Waals surface area contributed by atoms with Crippen LogP contribution < -0.4 is 25.4 Å². The molecule has 42 heavy (non-hydrogen) atoms. The highest BCUT2D eigenvalue weighted by atomic mass is 19.4. The second kappa shape index (κ2) is 11.4. The van der Waals surface area contributed by atoms with Crippen molar-refractivity contribution in [1.82, 2.24) is 20.3 Å². The number of carbonyl (C=O) groups excluding carboxylic acids is 2. The smallest absolute Gasteiger partial charge is 0.420 e. The van der Waals surface area contributed by atoms with Crippen molar-refractivity contribution in [3.05, 3.63) is 59.8 Å². The molecule has 2 aliphatic rings. The van der Waals surface area contributed by atoms with Gasteiger partial charge in [-0.25, -0.2) is 19.3 Å². The van der Waals surface area contributed by atoms with Gasteiger partial charge in [0, 0.05) is 37.7 Å². The van der Waals surface area contributed by atoms with Crippen LogP contribution in [0.2, 0.25) is 0 Å². The Kier molecular flexibility index (Phi) is 7.89. The van der Waals surface area contributed by atoms with Gasteiger partial charge < -0.3 is 25.4 Å². The van der Waals surface area contributed by atoms with Crippen LogP contribution in [0.5, 0.6) is 11.6 Å². The first-order chi connectivity index (χ1) is 20.0. The maximum atomic E-state index is 13.5. The number of pyridine rings is 3. The minimum absolute atomic E-state index is 0.00945. The highest BCUT2D eigenvalue weighted by Crippen LogP contribution is 2.52. The molecule has 1 saturated heterocycles. The van der Waals surface area contributed by atoms with Gasteiger partial charge in [0.05, 0.1) is 24.1 Å². The first-order valence-electron chi connectivity index (χ1n) is 13.3. The maximum Gasteiger partial charge on any atom is 0.420 e. The van der Waals surface area contributed by atoms with Crippen molar-refractivity contribution < 1.29 is 36.6 Å². The topological polar surface area (TPSA) is 133 Å². The highest BCUT2D eigenvalue weighted by molar-refractivity contribution is 5.96. The van der Waals surface area contributed by atoms with E-state index in [0.29, 0.717) is 55.7 Å². The number of aromatic nitrogens is 3. The molecule has 1 aliphatic carbocycles. The van der Waals surface area contributed by atoms with Crippen LogP contribution in [0.15, 0.2) is 42.7 Å². The Bertz CT molecular complexity index is 1490. The number of nitrogens with one attached hydrogen (secondary N) is 1. The Hall–Kier alpha value is -4.49. The Morgan fingerprint density at radius 1 is 1.19 bits per heavy atom. The van der Waals surface area contributed by atoms with Crippen molar-refractivity contribution in [2.45, 2.75) is 38.5 Å². The number of carbonyl (C=O) groups is 2. The van der Waals surface area contributed by atoms with Crippen molar-refractivity contribution in [2.75, 3.05) is 31.1 Å². The molecule has 3 N–H and O–H groups in total. The van der Waals surface area contributed by atoms with Crippen molar-refractivity contribution >= 4 is 17.6 Å². The summed E-state index contributed by atoms with van der Waals surface area (Å²) in [6.45, 7) is 2.83. The Labute approximate surface area is 238 Å². The van der Waals surface area contributed by atoms with Crippen LogP contribution in [-0.4, -0.2) is 59.1 Å². The maximum absolute atomic E-state index is 13.5. The molecule has 3 aromatic rings. The first-order valence-corrected chi connectivity index (χ1v) is 13.3. The van der Waals surface area contributed by atoms with Gasteiger partial charge in [-0.05, 0) is 50.1 Å². The quantitative estimate of drug-likeness (QED) is 0.343. The molecular formula is C28H28F4N6O4. The van der Waals surface area contributed by atoms with E-state index in [1.54, 1.807) is 30.5 Å². The molecule has 2 fully saturated rings. The first kappa shape index (κ1) is 29.0. The lowest BCUT2D eigenvalue weighted by Crippen LogP contribution is -2.65. The van der Waals surface area contributed by atoms with Crippen molar-refractivity contribution in [3.63, 3.8) is 0 Å². The van der Waals surface area contributed by atoms with E-state index in [2.05, 4.69) is 20.3 Å². The molecule has 0 unspecified atom stereocenters. The molecule has 0 aromatic carbocycles. The molecule has 222 valence electrons. The molecule has 14 heteroatoms. The number of ether oxygens (including phenoxy) is 2. The SMILES string of the molecule is CCOc1ncccc1-c1ccc(OC2CC3(C2)CN(c2ncc(F)cc2C(F)(F)F)C3)c(C(=O)NCCC(N)=O)n1. The summed E-state index contributed by atoms with van der Waals surface area (Å²) in [5, 5.41) is 2.62. The van der Waals surface area contributed by atoms with Crippen LogP contribution in [0.1, 0.15) is 42.2 Å². The number of nitrogens with zero attached hydrogens (tertiary/aromatic N) is 4. The van der Waals surface area contributed by atoms with Crippen molar-refractivity contribution in [3.8, 4) is 22.9 Å². The third kappa shape index (κ3) is 6.06. The van der Waals surface area contributed by atoms with Gasteiger partial charge in [0.2, 0.25) is 11.8 Å². The second-order valence-electron chi connectivity index (χ2n) is 10.3. The number of nitrogens with two attached hydrogens (primary N) is 1. The van der Waals surface area contributed by atoms with E-state index < -0.39 is 29.4 Å². The summed E-state index contributed by atoms with van der Waals surface area (Å²) in [5.74, 6) is -1.92. The molecule has 4 heterocycles. The van der Waals surface area contributed by atoms with Gasteiger partial charge >= 0.3 is 6.18 Å². The van der Waals surface area contributed by atoms with Crippen LogP contribution >= 0.6 is 0 Å². The predicted molar refractivity (Wildman–Crippen MR) is 142 cm³/mol. The fraction of sp³-hybridized carbons (Fsp3) is 0.393. The lowest BCUT2D eigenvalue weighted by atomic mass is 9.61. The van der Waals surface area contributed by atoms with E-state index >= 15 is 0 Å². The summed E-state index contributed by atoms with van der Waals surface area (Å²) in [6.07, 6.45) is -1.67. The van der Waals surface area contributed by atoms with Gasteiger partial charge in [-0.3, -0.25) is 9.59 Å². The van der Waals surface area contributed by atoms with Gasteiger partial charge in [-0.2, -0.15) is 13.2 Å². The predicted octanol–water partition coefficient (Wildman–Crippen LogP) is 3.75. The summed E-state index contributed by atoms with van der Waals surface area (Å²) in [6, 6.07) is 7.21. The van der Waals surface area contributed by atoms with E-state index in [0.717, 1.165) is 6.20 Å². The van der Waals surface area contributed by atoms with Crippen LogP contribution in [0.25, 0.3) is 11.3 Å². The number of rotatable bonds is 10. The normalized spacial score (nSPS) is 16.0. The molecule has 0 atom stereocenters. The second-order valence-corrected chi connectivity index (χ2v) is 10.3. The molecule has 1 aliphatic heterocycles. The van der Waals surface area contributed by atoms with Crippen LogP contribution in [0.4, 0.5) is 23.4 Å². The molecule has 2 amide bonds. The molecular weight excluding hydrogens is 560 g/mol. The lowest BCUT2D eigenvalue weighted by molar-refractivity contribution is -0.138. The number of primary amides is 1. The minimum Gasteiger partial charge on any atom is -0.488 e. The lowest BCUT2D eigenvalue weighted by Gasteiger charge is -2.59. The van der Waals surface area contributed by atoms with Crippen LogP contribution in [0.3, 0.4) is 0 Å². The van der Waals surface area contributed by atoms with E-state index in [-0.39, 0.29) is 41.7 Å². The summed E-state index contributed by atoms with van der Waals surface area (Å²) in [7, 11) is 0. The summed E-state index contributed by atoms with van der Waals surface area (Å²) >= 11 is 0. The monoisotopic (exact) mass is 588 g/mol. The molecule has 0 bridgehead atoms. The summed E-state index contributed by atoms with van der Waals surface area (Å²) < 4.78 is 65.5. The molecule has 5 rings (SSSR count). The molecule has 10 nitrogen and oxygen atoms in total. The van der Waals surface area contributed by atoms with E-state index in [4.69, 9.17) is 15.2 Å². The standard InChI is InChI=1S/C28H28F4N6O4/c1-2-41-26-18(4-3-8-35-26)20-5-6-21(23(37-20)25(40)34-9-7-22(33)39)42-17-11-27(12-17)14-38(15-27)24-19(28(30,31)32)10-16(29)13-36-24/h3-6,8,10,13,17H,2,7,9,11-12,14-15H2,1H3,(H2,33,39)(H,34,40). The zero-order valence-electron chi connectivity index (χ0n) is 22.6. The van der Waals surface area contributed by atoms with Crippen molar-refractivity contribution in [1.29, 1.82) is 0 Å². The van der Waals surface area contributed by atoms with Gasteiger partial charge in [-0.1, -0.05) is 0 Å². The van der Waals surface area contributed by atoms with Crippen molar-refractivity contribution in [2.24, 2.45) is 11.1 Å². The van der Waals surface area contributed by atoms with E-state index in [1.807, 2.05) is 6.92 Å². The Morgan fingerprint density at radius 2 is 1.95 bits per heavy atom. The van der Waals surface area contributed by atoms with E-state index in [1.165, 1.54) is 4.90 Å². The highest BCUT2D eigenvalue weighted by Gasteiger charge is 2.55. The summed E-state index contributed by atoms with van der Waals surface area (Å²) in [4.78, 5) is 38.2. The Morgan fingerprint density at radius 3 is 2.64 bits per heavy atom. The van der Waals surface area contributed by atoms with Gasteiger partial charge in [0.25, 0.3) is 5.91 Å². The third-order valence-electron chi connectivity index (χ3n) is 7.16. The number of hydrogen-bond donors (Lipinski definition) is 2. The summed E-state index contributed by atoms with van der Waals surface area (Å²) in [5.41, 5.74) is 4.78. The minimum atomic E-state index is -4.73. The zero-order chi connectivity index (χ0) is 30.1. The average Bonchev–Trinajstić information content (AvgIpc) is 2.89. The molecule has 1 saturated carbocycles. The number of amides is 2. The van der Waals surface area contributed by atoms with Gasteiger partial charge in [0.15, 0.2) is 11.4 Å². The number of alkyl halides is 3. The van der Waals surface area contributed by atoms with Crippen LogP contribution in [0, 0.1) is 11.2 Å². The van der Waals surface area contributed by atoms with Gasteiger partial charge in [-0.15, -0.1) is 0 Å². The molecule has 3 aromatic heterocycles. The van der Waals surface area contributed by atoms with Gasteiger partial charge in [0.1, 0.15) is 23.3 Å². The van der Waals surface area contributed by atoms with Crippen LogP contribution in [-0.2, 0) is 11.0 Å².